The number of benzene rings is 1. The highest BCUT2D eigenvalue weighted by Gasteiger charge is 2.37. The van der Waals surface area contributed by atoms with E-state index in [0.29, 0.717) is 5.92 Å². The zero-order valence-corrected chi connectivity index (χ0v) is 11.5. The molecule has 1 saturated carbocycles. The van der Waals surface area contributed by atoms with Gasteiger partial charge in [-0.3, -0.25) is 0 Å². The molecule has 0 bridgehead atoms. The lowest BCUT2D eigenvalue weighted by Crippen LogP contribution is -2.47. The van der Waals surface area contributed by atoms with Gasteiger partial charge in [-0.15, -0.1) is 0 Å². The average molecular weight is 276 g/mol. The molecule has 5 nitrogen and oxygen atoms in total. The van der Waals surface area contributed by atoms with E-state index in [0.717, 1.165) is 18.4 Å². The highest BCUT2D eigenvalue weighted by atomic mass is 16.4. The van der Waals surface area contributed by atoms with Crippen LogP contribution in [0.1, 0.15) is 25.3 Å². The van der Waals surface area contributed by atoms with Crippen LogP contribution in [0, 0.1) is 5.92 Å². The Morgan fingerprint density at radius 2 is 2.05 bits per heavy atom. The third-order valence-corrected chi connectivity index (χ3v) is 3.65. The lowest BCUT2D eigenvalue weighted by molar-refractivity contribution is -0.139. The molecule has 1 aliphatic rings. The van der Waals surface area contributed by atoms with Crippen LogP contribution in [-0.2, 0) is 11.2 Å². The zero-order valence-electron chi connectivity index (χ0n) is 11.5. The monoisotopic (exact) mass is 276 g/mol. The first kappa shape index (κ1) is 14.4. The molecule has 3 atom stereocenters. The van der Waals surface area contributed by atoms with Crippen molar-refractivity contribution in [3.05, 3.63) is 35.9 Å². The summed E-state index contributed by atoms with van der Waals surface area (Å²) in [5.41, 5.74) is 0.887. The molecule has 3 unspecified atom stereocenters. The van der Waals surface area contributed by atoms with Gasteiger partial charge >= 0.3 is 12.0 Å². The van der Waals surface area contributed by atoms with E-state index in [-0.39, 0.29) is 12.5 Å². The Kier molecular flexibility index (Phi) is 4.61. The smallest absolute Gasteiger partial charge is 0.326 e. The summed E-state index contributed by atoms with van der Waals surface area (Å²) in [5.74, 6) is -0.481. The molecule has 2 amide bonds. The minimum absolute atomic E-state index is 0.200. The van der Waals surface area contributed by atoms with E-state index in [9.17, 15) is 14.7 Å². The van der Waals surface area contributed by atoms with Crippen LogP contribution in [0.3, 0.4) is 0 Å². The number of carbonyl (C=O) groups is 2. The summed E-state index contributed by atoms with van der Waals surface area (Å²) in [7, 11) is 0. The number of carbonyl (C=O) groups excluding carboxylic acids is 1. The Bertz CT molecular complexity index is 475. The normalized spacial score (nSPS) is 21.9. The highest BCUT2D eigenvalue weighted by Crippen LogP contribution is 2.32. The van der Waals surface area contributed by atoms with E-state index in [2.05, 4.69) is 17.6 Å². The number of rotatable bonds is 6. The minimum Gasteiger partial charge on any atom is -0.480 e. The average Bonchev–Trinajstić information content (AvgIpc) is 3.17. The van der Waals surface area contributed by atoms with Crippen molar-refractivity contribution in [3.63, 3.8) is 0 Å². The fourth-order valence-corrected chi connectivity index (χ4v) is 2.29. The SMILES string of the molecule is CCC1CC1NC(=O)NC(Cc1ccccc1)C(=O)O. The molecule has 1 aliphatic carbocycles. The first-order valence-corrected chi connectivity index (χ1v) is 6.94. The Morgan fingerprint density at radius 3 is 2.60 bits per heavy atom. The molecule has 0 radical (unpaired) electrons. The molecule has 108 valence electrons. The van der Waals surface area contributed by atoms with Gasteiger partial charge in [0, 0.05) is 12.5 Å². The summed E-state index contributed by atoms with van der Waals surface area (Å²) >= 11 is 0. The molecular weight excluding hydrogens is 256 g/mol. The second-order valence-corrected chi connectivity index (χ2v) is 5.21. The van der Waals surface area contributed by atoms with E-state index in [1.54, 1.807) is 0 Å². The molecular formula is C15H20N2O3. The van der Waals surface area contributed by atoms with E-state index in [1.165, 1.54) is 0 Å². The van der Waals surface area contributed by atoms with Gasteiger partial charge in [-0.05, 0) is 17.9 Å². The number of hydrogen-bond acceptors (Lipinski definition) is 2. The van der Waals surface area contributed by atoms with Gasteiger partial charge in [0.05, 0.1) is 0 Å². The van der Waals surface area contributed by atoms with Gasteiger partial charge in [-0.2, -0.15) is 0 Å². The molecule has 0 heterocycles. The van der Waals surface area contributed by atoms with Crippen LogP contribution in [0.5, 0.6) is 0 Å². The maximum Gasteiger partial charge on any atom is 0.326 e. The summed E-state index contributed by atoms with van der Waals surface area (Å²) in [6.07, 6.45) is 2.31. The summed E-state index contributed by atoms with van der Waals surface area (Å²) in [6.45, 7) is 2.08. The van der Waals surface area contributed by atoms with Crippen molar-refractivity contribution in [2.75, 3.05) is 0 Å². The van der Waals surface area contributed by atoms with Gasteiger partial charge in [0.1, 0.15) is 6.04 Å². The van der Waals surface area contributed by atoms with Crippen molar-refractivity contribution in [1.29, 1.82) is 0 Å². The number of aliphatic carboxylic acids is 1. The van der Waals surface area contributed by atoms with Crippen molar-refractivity contribution in [3.8, 4) is 0 Å². The number of hydrogen-bond donors (Lipinski definition) is 3. The highest BCUT2D eigenvalue weighted by molar-refractivity contribution is 5.83. The Labute approximate surface area is 118 Å². The molecule has 0 aromatic heterocycles. The van der Waals surface area contributed by atoms with Crippen LogP contribution in [0.2, 0.25) is 0 Å². The van der Waals surface area contributed by atoms with Gasteiger partial charge < -0.3 is 15.7 Å². The van der Waals surface area contributed by atoms with Crippen LogP contribution in [0.25, 0.3) is 0 Å². The molecule has 5 heteroatoms. The number of carboxylic acids is 1. The maximum absolute atomic E-state index is 11.8. The molecule has 3 N–H and O–H groups in total. The maximum atomic E-state index is 11.8. The molecule has 0 spiro atoms. The van der Waals surface area contributed by atoms with E-state index in [4.69, 9.17) is 0 Å². The predicted molar refractivity (Wildman–Crippen MR) is 75.4 cm³/mol. The minimum atomic E-state index is -1.02. The zero-order chi connectivity index (χ0) is 14.5. The third kappa shape index (κ3) is 3.98. The summed E-state index contributed by atoms with van der Waals surface area (Å²) in [6, 6.07) is 8.18. The summed E-state index contributed by atoms with van der Waals surface area (Å²) < 4.78 is 0. The fraction of sp³-hybridized carbons (Fsp3) is 0.467. The Balaban J connectivity index is 1.86. The van der Waals surface area contributed by atoms with Crippen LogP contribution in [-0.4, -0.2) is 29.2 Å². The van der Waals surface area contributed by atoms with Gasteiger partial charge in [-0.25, -0.2) is 9.59 Å². The van der Waals surface area contributed by atoms with Crippen molar-refractivity contribution in [1.82, 2.24) is 10.6 Å². The second-order valence-electron chi connectivity index (χ2n) is 5.21. The van der Waals surface area contributed by atoms with Gasteiger partial charge in [0.15, 0.2) is 0 Å². The molecule has 0 saturated heterocycles. The fourth-order valence-electron chi connectivity index (χ4n) is 2.29. The number of carboxylic acid groups (broad SMARTS) is 1. The topological polar surface area (TPSA) is 78.4 Å². The molecule has 1 aromatic carbocycles. The molecule has 20 heavy (non-hydrogen) atoms. The van der Waals surface area contributed by atoms with Gasteiger partial charge in [0.25, 0.3) is 0 Å². The Hall–Kier alpha value is -2.04. The van der Waals surface area contributed by atoms with Crippen LogP contribution in [0.15, 0.2) is 30.3 Å². The molecule has 1 aromatic rings. The molecule has 0 aliphatic heterocycles. The number of amides is 2. The summed E-state index contributed by atoms with van der Waals surface area (Å²) in [4.78, 5) is 23.0. The van der Waals surface area contributed by atoms with Crippen LogP contribution in [0.4, 0.5) is 4.79 Å². The first-order chi connectivity index (χ1) is 9.60. The Morgan fingerprint density at radius 1 is 1.35 bits per heavy atom. The van der Waals surface area contributed by atoms with E-state index >= 15 is 0 Å². The largest absolute Gasteiger partial charge is 0.480 e. The van der Waals surface area contributed by atoms with Gasteiger partial charge in [0.2, 0.25) is 0 Å². The molecule has 1 fully saturated rings. The molecule has 2 rings (SSSR count). The lowest BCUT2D eigenvalue weighted by atomic mass is 10.1. The number of nitrogens with one attached hydrogen (secondary N) is 2. The third-order valence-electron chi connectivity index (χ3n) is 3.65. The lowest BCUT2D eigenvalue weighted by Gasteiger charge is -2.15. The van der Waals surface area contributed by atoms with E-state index in [1.807, 2.05) is 30.3 Å². The standard InChI is InChI=1S/C15H20N2O3/c1-2-11-9-12(11)16-15(20)17-13(14(18)19)8-10-6-4-3-5-7-10/h3-7,11-13H,2,8-9H2,1H3,(H,18,19)(H2,16,17,20). The predicted octanol–water partition coefficient (Wildman–Crippen LogP) is 1.78. The van der Waals surface area contributed by atoms with Crippen molar-refractivity contribution < 1.29 is 14.7 Å². The second kappa shape index (κ2) is 6.41. The number of urea groups is 1. The summed E-state index contributed by atoms with van der Waals surface area (Å²) in [5, 5.41) is 14.5. The van der Waals surface area contributed by atoms with E-state index < -0.39 is 18.0 Å². The van der Waals surface area contributed by atoms with Crippen molar-refractivity contribution >= 4 is 12.0 Å². The van der Waals surface area contributed by atoms with Crippen molar-refractivity contribution in [2.24, 2.45) is 5.92 Å². The quantitative estimate of drug-likeness (QED) is 0.741. The van der Waals surface area contributed by atoms with Gasteiger partial charge in [-0.1, -0.05) is 43.7 Å². The van der Waals surface area contributed by atoms with Crippen LogP contribution < -0.4 is 10.6 Å². The van der Waals surface area contributed by atoms with Crippen molar-refractivity contribution in [2.45, 2.75) is 38.3 Å². The van der Waals surface area contributed by atoms with Crippen LogP contribution >= 0.6 is 0 Å². The first-order valence-electron chi connectivity index (χ1n) is 6.94.